The molecule has 2 heterocycles. The number of nitrogens with one attached hydrogen (secondary N) is 1. The Balaban J connectivity index is 2.91. The molecule has 0 atom stereocenters. The van der Waals surface area contributed by atoms with Gasteiger partial charge in [0.25, 0.3) is 0 Å². The molecule has 2 aromatic heterocycles. The third-order valence-corrected chi connectivity index (χ3v) is 1.41. The Morgan fingerprint density at radius 2 is 2.27 bits per heavy atom. The number of fused-ring (bicyclic) bond motifs is 1. The molecule has 0 fully saturated rings. The summed E-state index contributed by atoms with van der Waals surface area (Å²) in [5, 5.41) is 15.4. The summed E-state index contributed by atoms with van der Waals surface area (Å²) < 4.78 is 0. The lowest BCUT2D eigenvalue weighted by atomic mass is 10.5. The van der Waals surface area contributed by atoms with Gasteiger partial charge in [-0.1, -0.05) is 0 Å². The normalized spacial score (nSPS) is 10.6. The monoisotopic (exact) mass is 170 g/mol. The Labute approximate surface area is 66.0 Å². The van der Waals surface area contributed by atoms with Crippen molar-refractivity contribution >= 4 is 22.6 Å². The molecule has 0 aliphatic carbocycles. The molecular formula is C5H3ClN4O. The summed E-state index contributed by atoms with van der Waals surface area (Å²) in [5.74, 6) is -0.207. The van der Waals surface area contributed by atoms with E-state index < -0.39 is 0 Å². The highest BCUT2D eigenvalue weighted by molar-refractivity contribution is 6.28. The second-order valence-corrected chi connectivity index (χ2v) is 2.27. The highest BCUT2D eigenvalue weighted by Gasteiger charge is 2.06. The van der Waals surface area contributed by atoms with E-state index in [1.807, 2.05) is 0 Å². The summed E-state index contributed by atoms with van der Waals surface area (Å²) in [7, 11) is 0. The summed E-state index contributed by atoms with van der Waals surface area (Å²) in [6.07, 6.45) is 1.53. The topological polar surface area (TPSA) is 74.7 Å². The number of nitrogens with zero attached hydrogens (tertiary/aromatic N) is 3. The standard InChI is InChI=1S/C5H3ClN4O/c6-5-8-2-1-7-10-3(2)4(11)9-5/h1H,(H,7,10)(H,8,9,11). The molecule has 5 nitrogen and oxygen atoms in total. The summed E-state index contributed by atoms with van der Waals surface area (Å²) in [6, 6.07) is 0. The second-order valence-electron chi connectivity index (χ2n) is 1.94. The fourth-order valence-electron chi connectivity index (χ4n) is 0.798. The van der Waals surface area contributed by atoms with Crippen molar-refractivity contribution in [3.63, 3.8) is 0 Å². The van der Waals surface area contributed by atoms with Crippen molar-refractivity contribution in [2.24, 2.45) is 0 Å². The maximum Gasteiger partial charge on any atom is 0.244 e. The van der Waals surface area contributed by atoms with E-state index in [1.165, 1.54) is 6.20 Å². The van der Waals surface area contributed by atoms with Crippen molar-refractivity contribution in [1.29, 1.82) is 0 Å². The van der Waals surface area contributed by atoms with Crippen LogP contribution in [0.15, 0.2) is 6.20 Å². The van der Waals surface area contributed by atoms with Crippen LogP contribution in [0.5, 0.6) is 5.88 Å². The van der Waals surface area contributed by atoms with Gasteiger partial charge < -0.3 is 5.11 Å². The molecule has 0 saturated carbocycles. The number of rotatable bonds is 0. The minimum atomic E-state index is -0.207. The fourth-order valence-corrected chi connectivity index (χ4v) is 0.969. The zero-order valence-electron chi connectivity index (χ0n) is 5.24. The first-order chi connectivity index (χ1) is 5.27. The maximum absolute atomic E-state index is 9.12. The molecule has 0 aromatic carbocycles. The zero-order valence-corrected chi connectivity index (χ0v) is 6.00. The van der Waals surface area contributed by atoms with Gasteiger partial charge in [-0.3, -0.25) is 5.10 Å². The predicted octanol–water partition coefficient (Wildman–Crippen LogP) is 0.712. The van der Waals surface area contributed by atoms with Crippen LogP contribution >= 0.6 is 11.6 Å². The van der Waals surface area contributed by atoms with Crippen LogP contribution in [-0.4, -0.2) is 25.3 Å². The Hall–Kier alpha value is -1.36. The van der Waals surface area contributed by atoms with Crippen LogP contribution in [0.25, 0.3) is 11.0 Å². The van der Waals surface area contributed by atoms with E-state index in [2.05, 4.69) is 20.2 Å². The van der Waals surface area contributed by atoms with Crippen molar-refractivity contribution in [3.05, 3.63) is 11.5 Å². The lowest BCUT2D eigenvalue weighted by Crippen LogP contribution is -1.82. The van der Waals surface area contributed by atoms with Crippen molar-refractivity contribution in [2.45, 2.75) is 0 Å². The Morgan fingerprint density at radius 1 is 1.45 bits per heavy atom. The first-order valence-corrected chi connectivity index (χ1v) is 3.21. The van der Waals surface area contributed by atoms with Gasteiger partial charge in [0, 0.05) is 6.20 Å². The van der Waals surface area contributed by atoms with E-state index in [0.29, 0.717) is 11.0 Å². The van der Waals surface area contributed by atoms with Gasteiger partial charge in [0.2, 0.25) is 11.2 Å². The molecule has 11 heavy (non-hydrogen) atoms. The van der Waals surface area contributed by atoms with E-state index in [4.69, 9.17) is 16.7 Å². The van der Waals surface area contributed by atoms with E-state index >= 15 is 0 Å². The molecule has 0 bridgehead atoms. The van der Waals surface area contributed by atoms with E-state index in [0.717, 1.165) is 0 Å². The first kappa shape index (κ1) is 6.36. The molecule has 56 valence electrons. The quantitative estimate of drug-likeness (QED) is 0.571. The molecule has 0 aliphatic rings. The van der Waals surface area contributed by atoms with Gasteiger partial charge in [-0.05, 0) is 11.6 Å². The number of hydrogen-bond donors (Lipinski definition) is 2. The lowest BCUT2D eigenvalue weighted by Gasteiger charge is -1.90. The number of aromatic amines is 1. The van der Waals surface area contributed by atoms with Crippen LogP contribution in [-0.2, 0) is 0 Å². The molecule has 0 radical (unpaired) electrons. The van der Waals surface area contributed by atoms with Gasteiger partial charge in [0.1, 0.15) is 5.52 Å². The highest BCUT2D eigenvalue weighted by Crippen LogP contribution is 2.19. The Bertz CT molecular complexity index is 398. The SMILES string of the molecule is Oc1nc(Cl)nc2c[nH]nc12. The first-order valence-electron chi connectivity index (χ1n) is 2.83. The Morgan fingerprint density at radius 3 is 3.09 bits per heavy atom. The number of H-pyrrole nitrogens is 1. The molecule has 0 spiro atoms. The molecule has 0 saturated heterocycles. The van der Waals surface area contributed by atoms with Crippen LogP contribution in [0.1, 0.15) is 0 Å². The summed E-state index contributed by atoms with van der Waals surface area (Å²) in [6.45, 7) is 0. The summed E-state index contributed by atoms with van der Waals surface area (Å²) in [4.78, 5) is 7.30. The second kappa shape index (κ2) is 2.06. The average Bonchev–Trinajstić information content (AvgIpc) is 2.34. The minimum absolute atomic E-state index is 0.0106. The van der Waals surface area contributed by atoms with E-state index in [9.17, 15) is 0 Å². The molecule has 2 N–H and O–H groups in total. The van der Waals surface area contributed by atoms with Crippen molar-refractivity contribution < 1.29 is 5.11 Å². The zero-order chi connectivity index (χ0) is 7.84. The minimum Gasteiger partial charge on any atom is -0.492 e. The Kier molecular flexibility index (Phi) is 1.19. The van der Waals surface area contributed by atoms with Gasteiger partial charge in [0.15, 0.2) is 5.52 Å². The van der Waals surface area contributed by atoms with Crippen molar-refractivity contribution in [2.75, 3.05) is 0 Å². The molecule has 2 rings (SSSR count). The summed E-state index contributed by atoms with van der Waals surface area (Å²) in [5.41, 5.74) is 0.830. The molecule has 2 aromatic rings. The van der Waals surface area contributed by atoms with Crippen LogP contribution < -0.4 is 0 Å². The smallest absolute Gasteiger partial charge is 0.244 e. The van der Waals surface area contributed by atoms with Gasteiger partial charge in [-0.25, -0.2) is 4.98 Å². The molecule has 6 heteroatoms. The van der Waals surface area contributed by atoms with Crippen LogP contribution in [0.2, 0.25) is 5.28 Å². The maximum atomic E-state index is 9.12. The van der Waals surface area contributed by atoms with E-state index in [1.54, 1.807) is 0 Å². The van der Waals surface area contributed by atoms with Gasteiger partial charge in [-0.2, -0.15) is 10.1 Å². The number of halogens is 1. The predicted molar refractivity (Wildman–Crippen MR) is 38.4 cm³/mol. The number of aromatic nitrogens is 4. The number of hydrogen-bond acceptors (Lipinski definition) is 4. The molecule has 0 unspecified atom stereocenters. The average molecular weight is 171 g/mol. The molecular weight excluding hydrogens is 168 g/mol. The highest BCUT2D eigenvalue weighted by atomic mass is 35.5. The van der Waals surface area contributed by atoms with Crippen molar-refractivity contribution in [1.82, 2.24) is 20.2 Å². The van der Waals surface area contributed by atoms with Crippen LogP contribution in [0.4, 0.5) is 0 Å². The fraction of sp³-hybridized carbons (Fsp3) is 0. The van der Waals surface area contributed by atoms with Crippen LogP contribution in [0, 0.1) is 0 Å². The largest absolute Gasteiger partial charge is 0.492 e. The third kappa shape index (κ3) is 0.894. The van der Waals surface area contributed by atoms with Gasteiger partial charge >= 0.3 is 0 Å². The summed E-state index contributed by atoms with van der Waals surface area (Å²) >= 11 is 5.46. The number of aromatic hydroxyl groups is 1. The van der Waals surface area contributed by atoms with Gasteiger partial charge in [-0.15, -0.1) is 0 Å². The van der Waals surface area contributed by atoms with Crippen LogP contribution in [0.3, 0.4) is 0 Å². The lowest BCUT2D eigenvalue weighted by molar-refractivity contribution is 0.458. The molecule has 0 aliphatic heterocycles. The third-order valence-electron chi connectivity index (χ3n) is 1.24. The van der Waals surface area contributed by atoms with E-state index in [-0.39, 0.29) is 11.2 Å². The molecule has 0 amide bonds. The van der Waals surface area contributed by atoms with Crippen molar-refractivity contribution in [3.8, 4) is 5.88 Å². The van der Waals surface area contributed by atoms with Gasteiger partial charge in [0.05, 0.1) is 0 Å².